The summed E-state index contributed by atoms with van der Waals surface area (Å²) in [4.78, 5) is 12.0. The summed E-state index contributed by atoms with van der Waals surface area (Å²) in [5, 5.41) is 12.0. The Balaban J connectivity index is 2.13. The van der Waals surface area contributed by atoms with Crippen LogP contribution < -0.4 is 5.32 Å². The lowest BCUT2D eigenvalue weighted by atomic mass is 10.0. The standard InChI is InChI=1S/C13H16FNO3/c1-8-6-10(16)7-11(14)12(8)13(17)15-9-2-4-18-5-3-9/h6-7,9,16H,2-5H2,1H3,(H,15,17). The fraction of sp³-hybridized carbons (Fsp3) is 0.462. The van der Waals surface area contributed by atoms with Crippen LogP contribution in [0.15, 0.2) is 12.1 Å². The first-order valence-electron chi connectivity index (χ1n) is 5.95. The molecule has 1 heterocycles. The number of benzene rings is 1. The number of rotatable bonds is 2. The smallest absolute Gasteiger partial charge is 0.254 e. The quantitative estimate of drug-likeness (QED) is 0.844. The number of phenolic OH excluding ortho intramolecular Hbond substituents is 1. The van der Waals surface area contributed by atoms with Crippen LogP contribution in [0.2, 0.25) is 0 Å². The van der Waals surface area contributed by atoms with Gasteiger partial charge in [0.2, 0.25) is 0 Å². The fourth-order valence-corrected chi connectivity index (χ4v) is 2.11. The molecule has 1 aliphatic heterocycles. The Morgan fingerprint density at radius 3 is 2.72 bits per heavy atom. The second-order valence-electron chi connectivity index (χ2n) is 4.48. The molecule has 0 spiro atoms. The third-order valence-electron chi connectivity index (χ3n) is 3.06. The number of carbonyl (C=O) groups excluding carboxylic acids is 1. The van der Waals surface area contributed by atoms with E-state index in [4.69, 9.17) is 4.74 Å². The number of nitrogens with one attached hydrogen (secondary N) is 1. The molecule has 0 saturated carbocycles. The lowest BCUT2D eigenvalue weighted by Crippen LogP contribution is -2.39. The molecule has 0 radical (unpaired) electrons. The molecule has 1 aromatic rings. The molecule has 1 amide bonds. The number of hydrogen-bond acceptors (Lipinski definition) is 3. The maximum Gasteiger partial charge on any atom is 0.254 e. The van der Waals surface area contributed by atoms with E-state index in [1.165, 1.54) is 6.07 Å². The van der Waals surface area contributed by atoms with E-state index >= 15 is 0 Å². The molecule has 0 aromatic heterocycles. The minimum atomic E-state index is -0.697. The summed E-state index contributed by atoms with van der Waals surface area (Å²) >= 11 is 0. The second kappa shape index (κ2) is 5.35. The number of halogens is 1. The first-order valence-corrected chi connectivity index (χ1v) is 5.95. The van der Waals surface area contributed by atoms with Gasteiger partial charge in [-0.25, -0.2) is 4.39 Å². The number of phenols is 1. The van der Waals surface area contributed by atoms with E-state index in [1.54, 1.807) is 6.92 Å². The SMILES string of the molecule is Cc1cc(O)cc(F)c1C(=O)NC1CCOCC1. The molecule has 2 N–H and O–H groups in total. The van der Waals surface area contributed by atoms with Gasteiger partial charge in [-0.3, -0.25) is 4.79 Å². The number of ether oxygens (including phenoxy) is 1. The van der Waals surface area contributed by atoms with E-state index in [2.05, 4.69) is 5.32 Å². The Hall–Kier alpha value is -1.62. The molecule has 1 fully saturated rings. The molecular weight excluding hydrogens is 237 g/mol. The maximum absolute atomic E-state index is 13.7. The number of amides is 1. The Bertz CT molecular complexity index is 433. The topological polar surface area (TPSA) is 58.6 Å². The molecular formula is C13H16FNO3. The van der Waals surface area contributed by atoms with Crippen molar-refractivity contribution in [3.63, 3.8) is 0 Å². The molecule has 2 rings (SSSR count). The molecule has 4 nitrogen and oxygen atoms in total. The summed E-state index contributed by atoms with van der Waals surface area (Å²) in [5.41, 5.74) is 0.427. The highest BCUT2D eigenvalue weighted by atomic mass is 19.1. The fourth-order valence-electron chi connectivity index (χ4n) is 2.11. The van der Waals surface area contributed by atoms with Crippen molar-refractivity contribution in [3.05, 3.63) is 29.1 Å². The molecule has 0 bridgehead atoms. The number of hydrogen-bond donors (Lipinski definition) is 2. The van der Waals surface area contributed by atoms with Gasteiger partial charge in [-0.2, -0.15) is 0 Å². The molecule has 5 heteroatoms. The van der Waals surface area contributed by atoms with E-state index in [1.807, 2.05) is 0 Å². The van der Waals surface area contributed by atoms with Gasteiger partial charge in [0.1, 0.15) is 11.6 Å². The van der Waals surface area contributed by atoms with Crippen molar-refractivity contribution in [1.82, 2.24) is 5.32 Å². The van der Waals surface area contributed by atoms with Crippen LogP contribution in [0.1, 0.15) is 28.8 Å². The largest absolute Gasteiger partial charge is 0.508 e. The Morgan fingerprint density at radius 2 is 2.11 bits per heavy atom. The van der Waals surface area contributed by atoms with Crippen LogP contribution in [0, 0.1) is 12.7 Å². The molecule has 0 aliphatic carbocycles. The molecule has 98 valence electrons. The van der Waals surface area contributed by atoms with E-state index in [0.717, 1.165) is 18.9 Å². The zero-order valence-electron chi connectivity index (χ0n) is 10.2. The molecule has 1 saturated heterocycles. The average Bonchev–Trinajstić information content (AvgIpc) is 2.28. The first kappa shape index (κ1) is 12.8. The van der Waals surface area contributed by atoms with Gasteiger partial charge in [0.25, 0.3) is 5.91 Å². The van der Waals surface area contributed by atoms with Crippen LogP contribution in [-0.4, -0.2) is 30.3 Å². The Labute approximate surface area is 105 Å². The minimum absolute atomic E-state index is 0.000656. The summed E-state index contributed by atoms with van der Waals surface area (Å²) in [5.74, 6) is -1.30. The number of carbonyl (C=O) groups is 1. The third kappa shape index (κ3) is 2.79. The average molecular weight is 253 g/mol. The maximum atomic E-state index is 13.7. The van der Waals surface area contributed by atoms with Crippen molar-refractivity contribution in [2.75, 3.05) is 13.2 Å². The molecule has 0 atom stereocenters. The zero-order chi connectivity index (χ0) is 13.1. The van der Waals surface area contributed by atoms with Gasteiger partial charge in [-0.1, -0.05) is 0 Å². The van der Waals surface area contributed by atoms with Gasteiger partial charge in [-0.05, 0) is 31.4 Å². The van der Waals surface area contributed by atoms with Crippen LogP contribution >= 0.6 is 0 Å². The highest BCUT2D eigenvalue weighted by Crippen LogP contribution is 2.20. The lowest BCUT2D eigenvalue weighted by molar-refractivity contribution is 0.0694. The zero-order valence-corrected chi connectivity index (χ0v) is 10.2. The molecule has 18 heavy (non-hydrogen) atoms. The highest BCUT2D eigenvalue weighted by molar-refractivity contribution is 5.96. The summed E-state index contributed by atoms with van der Waals surface area (Å²) in [6.07, 6.45) is 1.48. The summed E-state index contributed by atoms with van der Waals surface area (Å²) in [7, 11) is 0. The molecule has 1 aromatic carbocycles. The molecule has 1 aliphatic rings. The van der Waals surface area contributed by atoms with Crippen molar-refractivity contribution in [1.29, 1.82) is 0 Å². The van der Waals surface area contributed by atoms with Gasteiger partial charge < -0.3 is 15.2 Å². The van der Waals surface area contributed by atoms with Gasteiger partial charge >= 0.3 is 0 Å². The number of aryl methyl sites for hydroxylation is 1. The summed E-state index contributed by atoms with van der Waals surface area (Å²) in [6, 6.07) is 2.35. The van der Waals surface area contributed by atoms with E-state index in [-0.39, 0.29) is 17.4 Å². The minimum Gasteiger partial charge on any atom is -0.508 e. The third-order valence-corrected chi connectivity index (χ3v) is 3.06. The number of aromatic hydroxyl groups is 1. The summed E-state index contributed by atoms with van der Waals surface area (Å²) in [6.45, 7) is 2.83. The van der Waals surface area contributed by atoms with Crippen LogP contribution in [0.25, 0.3) is 0 Å². The van der Waals surface area contributed by atoms with Crippen molar-refractivity contribution in [3.8, 4) is 5.75 Å². The van der Waals surface area contributed by atoms with Crippen molar-refractivity contribution in [2.45, 2.75) is 25.8 Å². The Kier molecular flexibility index (Phi) is 3.81. The predicted octanol–water partition coefficient (Wildman–Crippen LogP) is 1.75. The van der Waals surface area contributed by atoms with Crippen molar-refractivity contribution in [2.24, 2.45) is 0 Å². The van der Waals surface area contributed by atoms with E-state index < -0.39 is 11.7 Å². The van der Waals surface area contributed by atoms with E-state index in [9.17, 15) is 14.3 Å². The summed E-state index contributed by atoms with van der Waals surface area (Å²) < 4.78 is 18.9. The second-order valence-corrected chi connectivity index (χ2v) is 4.48. The van der Waals surface area contributed by atoms with Gasteiger partial charge in [0, 0.05) is 25.3 Å². The Morgan fingerprint density at radius 1 is 1.44 bits per heavy atom. The van der Waals surface area contributed by atoms with Gasteiger partial charge in [-0.15, -0.1) is 0 Å². The van der Waals surface area contributed by atoms with Crippen LogP contribution in [0.4, 0.5) is 4.39 Å². The van der Waals surface area contributed by atoms with Gasteiger partial charge in [0.15, 0.2) is 0 Å². The predicted molar refractivity (Wildman–Crippen MR) is 64.1 cm³/mol. The van der Waals surface area contributed by atoms with Gasteiger partial charge in [0.05, 0.1) is 5.56 Å². The van der Waals surface area contributed by atoms with Crippen molar-refractivity contribution < 1.29 is 19.0 Å². The lowest BCUT2D eigenvalue weighted by Gasteiger charge is -2.23. The highest BCUT2D eigenvalue weighted by Gasteiger charge is 2.21. The normalized spacial score (nSPS) is 16.6. The first-order chi connectivity index (χ1) is 8.58. The van der Waals surface area contributed by atoms with Crippen LogP contribution in [0.5, 0.6) is 5.75 Å². The van der Waals surface area contributed by atoms with Crippen LogP contribution in [0.3, 0.4) is 0 Å². The molecule has 0 unspecified atom stereocenters. The van der Waals surface area contributed by atoms with Crippen molar-refractivity contribution >= 4 is 5.91 Å². The monoisotopic (exact) mass is 253 g/mol. The van der Waals surface area contributed by atoms with Crippen LogP contribution in [-0.2, 0) is 4.74 Å². The van der Waals surface area contributed by atoms with E-state index in [0.29, 0.717) is 18.8 Å².